The zero-order valence-corrected chi connectivity index (χ0v) is 10.6. The molecule has 1 aromatic carbocycles. The Morgan fingerprint density at radius 2 is 1.94 bits per heavy atom. The van der Waals surface area contributed by atoms with E-state index in [-0.39, 0.29) is 12.7 Å². The third-order valence-electron chi connectivity index (χ3n) is 2.29. The smallest absolute Gasteiger partial charge is 0.409 e. The van der Waals surface area contributed by atoms with Crippen LogP contribution in [0.2, 0.25) is 0 Å². The second-order valence-electron chi connectivity index (χ2n) is 4.57. The molecule has 0 fully saturated rings. The number of amides is 1. The van der Waals surface area contributed by atoms with E-state index in [1.165, 1.54) is 0 Å². The molecule has 0 saturated carbocycles. The van der Waals surface area contributed by atoms with Crippen LogP contribution in [0.25, 0.3) is 0 Å². The van der Waals surface area contributed by atoms with Gasteiger partial charge in [0.15, 0.2) is 0 Å². The van der Waals surface area contributed by atoms with E-state index in [1.807, 2.05) is 12.1 Å². The van der Waals surface area contributed by atoms with E-state index in [1.54, 1.807) is 24.1 Å². The summed E-state index contributed by atoms with van der Waals surface area (Å²) in [6, 6.07) is 7.29. The molecule has 0 aliphatic heterocycles. The number of anilines is 1. The number of hydrogen-bond acceptors (Lipinski definition) is 3. The molecule has 1 amide bonds. The largest absolute Gasteiger partial charge is 0.445 e. The molecular weight excluding hydrogens is 216 g/mol. The van der Waals surface area contributed by atoms with Gasteiger partial charge in [0, 0.05) is 19.3 Å². The third-order valence-corrected chi connectivity index (χ3v) is 2.29. The average Bonchev–Trinajstić information content (AvgIpc) is 2.27. The van der Waals surface area contributed by atoms with Gasteiger partial charge in [-0.15, -0.1) is 0 Å². The molecule has 0 aromatic heterocycles. The molecule has 0 atom stereocenters. The van der Waals surface area contributed by atoms with Gasteiger partial charge >= 0.3 is 6.09 Å². The highest BCUT2D eigenvalue weighted by Gasteiger charge is 2.11. The number of carbonyl (C=O) groups is 1. The van der Waals surface area contributed by atoms with Crippen molar-refractivity contribution in [1.29, 1.82) is 0 Å². The number of nitrogens with zero attached hydrogens (tertiary/aromatic N) is 1. The van der Waals surface area contributed by atoms with Gasteiger partial charge in [0.2, 0.25) is 0 Å². The Bertz CT molecular complexity index is 360. The molecule has 1 rings (SSSR count). The summed E-state index contributed by atoms with van der Waals surface area (Å²) in [5.41, 5.74) is 7.21. The molecular formula is C13H20N2O2. The molecule has 0 saturated heterocycles. The van der Waals surface area contributed by atoms with Crippen LogP contribution in [0.5, 0.6) is 0 Å². The van der Waals surface area contributed by atoms with Crippen molar-refractivity contribution in [3.63, 3.8) is 0 Å². The predicted molar refractivity (Wildman–Crippen MR) is 68.5 cm³/mol. The van der Waals surface area contributed by atoms with Crippen LogP contribution in [0, 0.1) is 5.92 Å². The number of nitrogen functional groups attached to an aromatic ring is 1. The number of rotatable bonds is 4. The van der Waals surface area contributed by atoms with Crippen molar-refractivity contribution < 1.29 is 9.53 Å². The number of ether oxygens (including phenoxy) is 1. The summed E-state index contributed by atoms with van der Waals surface area (Å²) in [6.07, 6.45) is -0.296. The lowest BCUT2D eigenvalue weighted by molar-refractivity contribution is 0.101. The summed E-state index contributed by atoms with van der Waals surface area (Å²) in [4.78, 5) is 13.2. The van der Waals surface area contributed by atoms with Crippen LogP contribution in [0.15, 0.2) is 24.3 Å². The molecule has 0 aliphatic rings. The highest BCUT2D eigenvalue weighted by molar-refractivity contribution is 5.67. The lowest BCUT2D eigenvalue weighted by Crippen LogP contribution is -2.30. The zero-order valence-electron chi connectivity index (χ0n) is 10.6. The number of benzene rings is 1. The maximum atomic E-state index is 11.6. The van der Waals surface area contributed by atoms with Crippen LogP contribution in [0.1, 0.15) is 19.4 Å². The molecule has 0 spiro atoms. The summed E-state index contributed by atoms with van der Waals surface area (Å²) >= 11 is 0. The molecule has 4 nitrogen and oxygen atoms in total. The van der Waals surface area contributed by atoms with E-state index < -0.39 is 0 Å². The van der Waals surface area contributed by atoms with E-state index in [4.69, 9.17) is 10.5 Å². The average molecular weight is 236 g/mol. The van der Waals surface area contributed by atoms with Crippen molar-refractivity contribution in [1.82, 2.24) is 4.90 Å². The van der Waals surface area contributed by atoms with Crippen molar-refractivity contribution in [2.24, 2.45) is 5.92 Å². The van der Waals surface area contributed by atoms with Gasteiger partial charge in [0.05, 0.1) is 0 Å². The highest BCUT2D eigenvalue weighted by atomic mass is 16.6. The molecule has 17 heavy (non-hydrogen) atoms. The third kappa shape index (κ3) is 4.76. The summed E-state index contributed by atoms with van der Waals surface area (Å²) < 4.78 is 5.18. The Morgan fingerprint density at radius 3 is 2.47 bits per heavy atom. The van der Waals surface area contributed by atoms with Gasteiger partial charge in [-0.05, 0) is 23.6 Å². The molecule has 0 unspecified atom stereocenters. The second kappa shape index (κ2) is 6.13. The van der Waals surface area contributed by atoms with Gasteiger partial charge in [-0.2, -0.15) is 0 Å². The molecule has 0 bridgehead atoms. The van der Waals surface area contributed by atoms with E-state index in [9.17, 15) is 4.79 Å². The first-order valence-corrected chi connectivity index (χ1v) is 5.71. The van der Waals surface area contributed by atoms with Crippen LogP contribution in [-0.2, 0) is 11.3 Å². The SMILES string of the molecule is CC(C)CN(C)C(=O)OCc1ccc(N)cc1. The maximum Gasteiger partial charge on any atom is 0.409 e. The summed E-state index contributed by atoms with van der Waals surface area (Å²) in [6.45, 7) is 5.09. The Morgan fingerprint density at radius 1 is 1.35 bits per heavy atom. The Labute approximate surface area is 102 Å². The second-order valence-corrected chi connectivity index (χ2v) is 4.57. The van der Waals surface area contributed by atoms with Gasteiger partial charge in [0.1, 0.15) is 6.61 Å². The van der Waals surface area contributed by atoms with Crippen LogP contribution < -0.4 is 5.73 Å². The fraction of sp³-hybridized carbons (Fsp3) is 0.462. The summed E-state index contributed by atoms with van der Waals surface area (Å²) in [5, 5.41) is 0. The minimum atomic E-state index is -0.296. The number of nitrogens with two attached hydrogens (primary N) is 1. The van der Waals surface area contributed by atoms with Crippen LogP contribution in [0.4, 0.5) is 10.5 Å². The van der Waals surface area contributed by atoms with Gasteiger partial charge < -0.3 is 15.4 Å². The van der Waals surface area contributed by atoms with Gasteiger partial charge in [-0.3, -0.25) is 0 Å². The molecule has 0 heterocycles. The van der Waals surface area contributed by atoms with E-state index in [0.717, 1.165) is 5.56 Å². The molecule has 1 aromatic rings. The standard InChI is InChI=1S/C13H20N2O2/c1-10(2)8-15(3)13(16)17-9-11-4-6-12(14)7-5-11/h4-7,10H,8-9,14H2,1-3H3. The Hall–Kier alpha value is -1.71. The van der Waals surface area contributed by atoms with Crippen molar-refractivity contribution in [3.8, 4) is 0 Å². The van der Waals surface area contributed by atoms with Crippen molar-refractivity contribution >= 4 is 11.8 Å². The van der Waals surface area contributed by atoms with Crippen molar-refractivity contribution in [3.05, 3.63) is 29.8 Å². The van der Waals surface area contributed by atoms with E-state index in [2.05, 4.69) is 13.8 Å². The van der Waals surface area contributed by atoms with Crippen LogP contribution >= 0.6 is 0 Å². The quantitative estimate of drug-likeness (QED) is 0.817. The first kappa shape index (κ1) is 13.4. The van der Waals surface area contributed by atoms with Gasteiger partial charge in [-0.25, -0.2) is 4.79 Å². The Kier molecular flexibility index (Phi) is 4.82. The molecule has 0 radical (unpaired) electrons. The first-order valence-electron chi connectivity index (χ1n) is 5.71. The monoisotopic (exact) mass is 236 g/mol. The molecule has 2 N–H and O–H groups in total. The minimum Gasteiger partial charge on any atom is -0.445 e. The number of hydrogen-bond donors (Lipinski definition) is 1. The summed E-state index contributed by atoms with van der Waals surface area (Å²) in [7, 11) is 1.74. The lowest BCUT2D eigenvalue weighted by atomic mass is 10.2. The molecule has 4 heteroatoms. The number of carbonyl (C=O) groups excluding carboxylic acids is 1. The first-order chi connectivity index (χ1) is 7.99. The fourth-order valence-electron chi connectivity index (χ4n) is 1.49. The van der Waals surface area contributed by atoms with E-state index in [0.29, 0.717) is 18.2 Å². The Balaban J connectivity index is 2.40. The summed E-state index contributed by atoms with van der Waals surface area (Å²) in [5.74, 6) is 0.434. The lowest BCUT2D eigenvalue weighted by Gasteiger charge is -2.18. The topological polar surface area (TPSA) is 55.6 Å². The fourth-order valence-corrected chi connectivity index (χ4v) is 1.49. The highest BCUT2D eigenvalue weighted by Crippen LogP contribution is 2.07. The molecule has 94 valence electrons. The van der Waals surface area contributed by atoms with Gasteiger partial charge in [0.25, 0.3) is 0 Å². The zero-order chi connectivity index (χ0) is 12.8. The van der Waals surface area contributed by atoms with Gasteiger partial charge in [-0.1, -0.05) is 26.0 Å². The normalized spacial score (nSPS) is 10.4. The van der Waals surface area contributed by atoms with E-state index >= 15 is 0 Å². The molecule has 0 aliphatic carbocycles. The maximum absolute atomic E-state index is 11.6. The predicted octanol–water partition coefficient (Wildman–Crippen LogP) is 2.49. The van der Waals surface area contributed by atoms with Crippen LogP contribution in [0.3, 0.4) is 0 Å². The van der Waals surface area contributed by atoms with Crippen molar-refractivity contribution in [2.45, 2.75) is 20.5 Å². The van der Waals surface area contributed by atoms with Crippen LogP contribution in [-0.4, -0.2) is 24.6 Å². The minimum absolute atomic E-state index is 0.279. The van der Waals surface area contributed by atoms with Crippen molar-refractivity contribution in [2.75, 3.05) is 19.3 Å².